The summed E-state index contributed by atoms with van der Waals surface area (Å²) in [5, 5.41) is 4.17. The average Bonchev–Trinajstić information content (AvgIpc) is 2.59. The van der Waals surface area contributed by atoms with Gasteiger partial charge < -0.3 is 10.6 Å². The number of nitrogens with one attached hydrogen (secondary N) is 1. The molecule has 0 bridgehead atoms. The first-order chi connectivity index (χ1) is 11.6. The molecule has 0 fully saturated rings. The first-order valence-corrected chi connectivity index (χ1v) is 8.38. The van der Waals surface area contributed by atoms with E-state index in [1.54, 1.807) is 0 Å². The average molecular weight is 324 g/mol. The molecule has 1 aromatic carbocycles. The highest BCUT2D eigenvalue weighted by Gasteiger charge is 2.39. The molecule has 1 aliphatic carbocycles. The number of benzene rings is 1. The van der Waals surface area contributed by atoms with Crippen LogP contribution in [-0.4, -0.2) is 29.0 Å². The van der Waals surface area contributed by atoms with Crippen LogP contribution < -0.4 is 11.2 Å². The number of primary amides is 1. The Morgan fingerprint density at radius 1 is 1.25 bits per heavy atom. The van der Waals surface area contributed by atoms with Gasteiger partial charge >= 0.3 is 6.03 Å². The van der Waals surface area contributed by atoms with E-state index in [0.29, 0.717) is 24.1 Å². The maximum atomic E-state index is 12.5. The van der Waals surface area contributed by atoms with E-state index in [9.17, 15) is 9.59 Å². The molecule has 3 N–H and O–H groups in total. The van der Waals surface area contributed by atoms with Crippen LogP contribution in [0, 0.1) is 0 Å². The minimum absolute atomic E-state index is 0.124. The van der Waals surface area contributed by atoms with Crippen LogP contribution in [0.5, 0.6) is 0 Å². The molecule has 3 aliphatic rings. The molecule has 0 aromatic heterocycles. The van der Waals surface area contributed by atoms with E-state index < -0.39 is 6.03 Å². The van der Waals surface area contributed by atoms with Gasteiger partial charge in [-0.1, -0.05) is 24.3 Å². The third-order valence-corrected chi connectivity index (χ3v) is 5.12. The maximum Gasteiger partial charge on any atom is 0.332 e. The van der Waals surface area contributed by atoms with Crippen molar-refractivity contribution in [2.75, 3.05) is 6.54 Å². The lowest BCUT2D eigenvalue weighted by Gasteiger charge is -2.45. The minimum atomic E-state index is -0.709. The lowest BCUT2D eigenvalue weighted by Crippen LogP contribution is -2.43. The van der Waals surface area contributed by atoms with Crippen molar-refractivity contribution in [2.24, 2.45) is 10.8 Å². The fraction of sp³-hybridized carbons (Fsp3) is 0.389. The summed E-state index contributed by atoms with van der Waals surface area (Å²) in [6, 6.07) is 7.90. The van der Waals surface area contributed by atoms with Crippen molar-refractivity contribution >= 4 is 17.5 Å². The smallest absolute Gasteiger partial charge is 0.332 e. The molecule has 0 saturated heterocycles. The van der Waals surface area contributed by atoms with E-state index >= 15 is 0 Å². The number of allylic oxidation sites excluding steroid dienone is 2. The van der Waals surface area contributed by atoms with Crippen LogP contribution in [0.3, 0.4) is 0 Å². The first-order valence-electron chi connectivity index (χ1n) is 8.38. The van der Waals surface area contributed by atoms with Crippen molar-refractivity contribution in [3.8, 4) is 0 Å². The molecule has 1 unspecified atom stereocenters. The van der Waals surface area contributed by atoms with Crippen LogP contribution in [0.15, 0.2) is 40.6 Å². The zero-order valence-corrected chi connectivity index (χ0v) is 13.4. The standard InChI is InChI=1S/C18H20N4O2/c19-18(24)21-20-13-10-15-12-5-2-1-4-11(12)8-9-22(15)14-6-3-7-16(23)17(13)14/h1-2,4-5,15H,3,6-10H2,(H3,19,21,24)/b20-13+. The van der Waals surface area contributed by atoms with Crippen LogP contribution in [0.25, 0.3) is 0 Å². The van der Waals surface area contributed by atoms with Gasteiger partial charge in [0, 0.05) is 25.1 Å². The lowest BCUT2D eigenvalue weighted by atomic mass is 9.79. The molecule has 0 spiro atoms. The molecule has 2 aliphatic heterocycles. The molecule has 1 aromatic rings. The monoisotopic (exact) mass is 324 g/mol. The Bertz CT molecular complexity index is 781. The number of nitrogens with two attached hydrogens (primary N) is 1. The molecular formula is C18H20N4O2. The van der Waals surface area contributed by atoms with Gasteiger partial charge in [-0.2, -0.15) is 5.10 Å². The number of rotatable bonds is 1. The third-order valence-electron chi connectivity index (χ3n) is 5.12. The van der Waals surface area contributed by atoms with Gasteiger partial charge in [-0.25, -0.2) is 10.2 Å². The number of hydrogen-bond donors (Lipinski definition) is 2. The zero-order chi connectivity index (χ0) is 16.7. The highest BCUT2D eigenvalue weighted by Crippen LogP contribution is 2.43. The van der Waals surface area contributed by atoms with Crippen molar-refractivity contribution in [2.45, 2.75) is 38.1 Å². The topological polar surface area (TPSA) is 87.8 Å². The van der Waals surface area contributed by atoms with E-state index in [0.717, 1.165) is 31.5 Å². The van der Waals surface area contributed by atoms with E-state index in [1.807, 2.05) is 0 Å². The molecule has 124 valence electrons. The second-order valence-electron chi connectivity index (χ2n) is 6.50. The van der Waals surface area contributed by atoms with E-state index in [-0.39, 0.29) is 11.8 Å². The Hall–Kier alpha value is -2.63. The molecule has 1 atom stereocenters. The second-order valence-corrected chi connectivity index (χ2v) is 6.50. The molecule has 2 amide bonds. The van der Waals surface area contributed by atoms with Gasteiger partial charge in [0.15, 0.2) is 5.78 Å². The summed E-state index contributed by atoms with van der Waals surface area (Å²) in [6.45, 7) is 0.921. The molecule has 6 heteroatoms. The number of carbonyl (C=O) groups excluding carboxylic acids is 2. The predicted octanol–water partition coefficient (Wildman–Crippen LogP) is 2.02. The minimum Gasteiger partial charge on any atom is -0.366 e. The number of Topliss-reactive ketones (excluding diaryl/α,β-unsaturated/α-hetero) is 1. The maximum absolute atomic E-state index is 12.5. The molecular weight excluding hydrogens is 304 g/mol. The number of fused-ring (bicyclic) bond motifs is 4. The molecule has 4 rings (SSSR count). The van der Waals surface area contributed by atoms with Crippen LogP contribution in [0.2, 0.25) is 0 Å². The Balaban J connectivity index is 1.81. The number of urea groups is 1. The number of hydrazone groups is 1. The molecule has 0 saturated carbocycles. The number of amides is 2. The number of hydrogen-bond acceptors (Lipinski definition) is 4. The summed E-state index contributed by atoms with van der Waals surface area (Å²) >= 11 is 0. The summed E-state index contributed by atoms with van der Waals surface area (Å²) in [5.74, 6) is 0.124. The van der Waals surface area contributed by atoms with Gasteiger partial charge in [0.25, 0.3) is 0 Å². The molecule has 24 heavy (non-hydrogen) atoms. The van der Waals surface area contributed by atoms with Gasteiger partial charge in [-0.05, 0) is 30.4 Å². The fourth-order valence-electron chi connectivity index (χ4n) is 4.15. The predicted molar refractivity (Wildman–Crippen MR) is 90.2 cm³/mol. The molecule has 2 heterocycles. The summed E-state index contributed by atoms with van der Waals surface area (Å²) in [5.41, 5.74) is 12.6. The summed E-state index contributed by atoms with van der Waals surface area (Å²) < 4.78 is 0. The summed E-state index contributed by atoms with van der Waals surface area (Å²) in [4.78, 5) is 25.9. The highest BCUT2D eigenvalue weighted by molar-refractivity contribution is 6.24. The quantitative estimate of drug-likeness (QED) is 0.775. The van der Waals surface area contributed by atoms with Gasteiger partial charge in [0.05, 0.1) is 17.3 Å². The van der Waals surface area contributed by atoms with Crippen molar-refractivity contribution in [1.29, 1.82) is 0 Å². The van der Waals surface area contributed by atoms with E-state index in [2.05, 4.69) is 39.7 Å². The largest absolute Gasteiger partial charge is 0.366 e. The van der Waals surface area contributed by atoms with Crippen molar-refractivity contribution in [3.63, 3.8) is 0 Å². The second kappa shape index (κ2) is 5.78. The third kappa shape index (κ3) is 2.38. The highest BCUT2D eigenvalue weighted by atomic mass is 16.2. The Labute approximate surface area is 140 Å². The van der Waals surface area contributed by atoms with Gasteiger partial charge in [-0.15, -0.1) is 0 Å². The Morgan fingerprint density at radius 3 is 2.92 bits per heavy atom. The molecule has 6 nitrogen and oxygen atoms in total. The number of nitrogens with zero attached hydrogens (tertiary/aromatic N) is 2. The van der Waals surface area contributed by atoms with Crippen LogP contribution >= 0.6 is 0 Å². The van der Waals surface area contributed by atoms with Crippen LogP contribution in [0.1, 0.15) is 42.9 Å². The van der Waals surface area contributed by atoms with Gasteiger partial charge in [0.1, 0.15) is 0 Å². The van der Waals surface area contributed by atoms with Crippen molar-refractivity contribution in [1.82, 2.24) is 10.3 Å². The lowest BCUT2D eigenvalue weighted by molar-refractivity contribution is -0.115. The summed E-state index contributed by atoms with van der Waals surface area (Å²) in [6.07, 6.45) is 3.91. The van der Waals surface area contributed by atoms with Gasteiger partial charge in [-0.3, -0.25) is 4.79 Å². The number of ketones is 1. The van der Waals surface area contributed by atoms with E-state index in [1.165, 1.54) is 11.1 Å². The van der Waals surface area contributed by atoms with Gasteiger partial charge in [0.2, 0.25) is 0 Å². The van der Waals surface area contributed by atoms with Crippen molar-refractivity contribution in [3.05, 3.63) is 46.7 Å². The SMILES string of the molecule is NC(=O)N/N=C1\CC2c3ccccc3CCN2C2=C1C(=O)CCC2. The van der Waals surface area contributed by atoms with Crippen LogP contribution in [-0.2, 0) is 11.2 Å². The van der Waals surface area contributed by atoms with Crippen LogP contribution in [0.4, 0.5) is 4.79 Å². The Morgan fingerprint density at radius 2 is 2.08 bits per heavy atom. The summed E-state index contributed by atoms with van der Waals surface area (Å²) in [7, 11) is 0. The Kier molecular flexibility index (Phi) is 3.59. The van der Waals surface area contributed by atoms with Crippen molar-refractivity contribution < 1.29 is 9.59 Å². The fourth-order valence-corrected chi connectivity index (χ4v) is 4.15. The normalized spacial score (nSPS) is 24.3. The zero-order valence-electron chi connectivity index (χ0n) is 13.4. The first kappa shape index (κ1) is 14.9. The molecule has 0 radical (unpaired) electrons. The van der Waals surface area contributed by atoms with E-state index in [4.69, 9.17) is 5.73 Å². The number of carbonyl (C=O) groups is 2.